The first-order valence-corrected chi connectivity index (χ1v) is 6.78. The molecule has 0 spiro atoms. The molecule has 0 saturated heterocycles. The van der Waals surface area contributed by atoms with Gasteiger partial charge in [-0.25, -0.2) is 0 Å². The molecule has 0 bridgehead atoms. The maximum absolute atomic E-state index is 8.78. The van der Waals surface area contributed by atoms with E-state index in [0.717, 1.165) is 22.9 Å². The van der Waals surface area contributed by atoms with Crippen LogP contribution in [0.25, 0.3) is 0 Å². The Morgan fingerprint density at radius 2 is 2.11 bits per heavy atom. The molecule has 0 radical (unpaired) electrons. The van der Waals surface area contributed by atoms with E-state index in [1.165, 1.54) is 11.5 Å². The van der Waals surface area contributed by atoms with Crippen molar-refractivity contribution < 1.29 is 0 Å². The van der Waals surface area contributed by atoms with Gasteiger partial charge in [-0.3, -0.25) is 0 Å². The lowest BCUT2D eigenvalue weighted by Crippen LogP contribution is -2.17. The molecule has 0 fully saturated rings. The molecule has 6 heteroatoms. The molecule has 1 heterocycles. The largest absolute Gasteiger partial charge is 0.374 e. The fraction of sp³-hybridized carbons (Fsp3) is 0.308. The predicted molar refractivity (Wildman–Crippen MR) is 77.3 cm³/mol. The molecular weight excluding hydrogens is 258 g/mol. The van der Waals surface area contributed by atoms with Crippen LogP contribution in [0, 0.1) is 11.3 Å². The molecule has 0 atom stereocenters. The molecule has 19 heavy (non-hydrogen) atoms. The number of hydrogen-bond donors (Lipinski definition) is 1. The Labute approximate surface area is 116 Å². The van der Waals surface area contributed by atoms with Gasteiger partial charge in [0.1, 0.15) is 10.7 Å². The van der Waals surface area contributed by atoms with Gasteiger partial charge >= 0.3 is 0 Å². The molecule has 0 aliphatic rings. The van der Waals surface area contributed by atoms with Crippen molar-refractivity contribution in [2.24, 2.45) is 0 Å². The topological polar surface area (TPSA) is 64.8 Å². The highest BCUT2D eigenvalue weighted by molar-refractivity contribution is 7.10. The van der Waals surface area contributed by atoms with Crippen molar-refractivity contribution in [3.8, 4) is 6.07 Å². The van der Waals surface area contributed by atoms with E-state index in [9.17, 15) is 0 Å². The molecule has 98 valence electrons. The zero-order chi connectivity index (χ0) is 13.7. The van der Waals surface area contributed by atoms with Gasteiger partial charge < -0.3 is 10.2 Å². The van der Waals surface area contributed by atoms with E-state index in [4.69, 9.17) is 5.26 Å². The lowest BCUT2D eigenvalue weighted by atomic mass is 10.2. The summed E-state index contributed by atoms with van der Waals surface area (Å²) in [6.45, 7) is 3.59. The van der Waals surface area contributed by atoms with E-state index in [-0.39, 0.29) is 0 Å². The fourth-order valence-corrected chi connectivity index (χ4v) is 2.35. The lowest BCUT2D eigenvalue weighted by molar-refractivity contribution is 0.872. The van der Waals surface area contributed by atoms with Gasteiger partial charge in [-0.05, 0) is 31.2 Å². The summed E-state index contributed by atoms with van der Waals surface area (Å²) in [5, 5.41) is 17.2. The Balaban J connectivity index is 2.09. The Morgan fingerprint density at radius 1 is 1.37 bits per heavy atom. The van der Waals surface area contributed by atoms with Crippen molar-refractivity contribution in [2.45, 2.75) is 13.5 Å². The molecule has 5 nitrogen and oxygen atoms in total. The van der Waals surface area contributed by atoms with E-state index < -0.39 is 0 Å². The van der Waals surface area contributed by atoms with Gasteiger partial charge in [0.15, 0.2) is 0 Å². The molecule has 1 aromatic heterocycles. The van der Waals surface area contributed by atoms with Gasteiger partial charge in [-0.2, -0.15) is 5.26 Å². The average Bonchev–Trinajstić information content (AvgIpc) is 2.86. The highest BCUT2D eigenvalue weighted by Crippen LogP contribution is 2.21. The van der Waals surface area contributed by atoms with E-state index in [0.29, 0.717) is 12.1 Å². The molecule has 0 aliphatic carbocycles. The standard InChI is InChI=1S/C13H15N5S/c1-3-15-13-12(16-17-19-13)9-18(2)11-6-4-10(8-14)5-7-11/h4-7,15H,3,9H2,1-2H3. The second kappa shape index (κ2) is 6.16. The molecule has 1 N–H and O–H groups in total. The smallest absolute Gasteiger partial charge is 0.135 e. The number of hydrogen-bond acceptors (Lipinski definition) is 6. The molecular formula is C13H15N5S. The summed E-state index contributed by atoms with van der Waals surface area (Å²) in [7, 11) is 2.00. The molecule has 1 aromatic carbocycles. The van der Waals surface area contributed by atoms with Crippen LogP contribution in [-0.2, 0) is 6.54 Å². The summed E-state index contributed by atoms with van der Waals surface area (Å²) in [6, 6.07) is 9.62. The van der Waals surface area contributed by atoms with Gasteiger partial charge in [0, 0.05) is 30.8 Å². The first kappa shape index (κ1) is 13.3. The maximum Gasteiger partial charge on any atom is 0.135 e. The minimum absolute atomic E-state index is 0.667. The maximum atomic E-state index is 8.78. The van der Waals surface area contributed by atoms with Crippen LogP contribution >= 0.6 is 11.5 Å². The van der Waals surface area contributed by atoms with Crippen LogP contribution in [0.4, 0.5) is 10.7 Å². The summed E-state index contributed by atoms with van der Waals surface area (Å²) in [4.78, 5) is 2.08. The third-order valence-corrected chi connectivity index (χ3v) is 3.44. The SMILES string of the molecule is CCNc1snnc1CN(C)c1ccc(C#N)cc1. The summed E-state index contributed by atoms with van der Waals surface area (Å²) < 4.78 is 3.97. The minimum atomic E-state index is 0.667. The van der Waals surface area contributed by atoms with Crippen molar-refractivity contribution in [1.29, 1.82) is 5.26 Å². The molecule has 0 aliphatic heterocycles. The zero-order valence-corrected chi connectivity index (χ0v) is 11.7. The second-order valence-electron chi connectivity index (χ2n) is 4.09. The second-order valence-corrected chi connectivity index (χ2v) is 4.85. The quantitative estimate of drug-likeness (QED) is 0.906. The predicted octanol–water partition coefficient (Wildman–Crippen LogP) is 2.48. The molecule has 2 aromatic rings. The minimum Gasteiger partial charge on any atom is -0.374 e. The van der Waals surface area contributed by atoms with Gasteiger partial charge in [-0.1, -0.05) is 4.49 Å². The zero-order valence-electron chi connectivity index (χ0n) is 10.9. The number of benzene rings is 1. The van der Waals surface area contributed by atoms with E-state index in [1.807, 2.05) is 38.2 Å². The van der Waals surface area contributed by atoms with Crippen LogP contribution in [0.2, 0.25) is 0 Å². The van der Waals surface area contributed by atoms with Crippen molar-refractivity contribution in [3.05, 3.63) is 35.5 Å². The lowest BCUT2D eigenvalue weighted by Gasteiger charge is -2.18. The average molecular weight is 273 g/mol. The normalized spacial score (nSPS) is 9.95. The van der Waals surface area contributed by atoms with Crippen molar-refractivity contribution >= 4 is 22.2 Å². The highest BCUT2D eigenvalue weighted by atomic mass is 32.1. The van der Waals surface area contributed by atoms with Crippen LogP contribution < -0.4 is 10.2 Å². The molecule has 0 amide bonds. The Hall–Kier alpha value is -2.13. The fourth-order valence-electron chi connectivity index (χ4n) is 1.71. The summed E-state index contributed by atoms with van der Waals surface area (Å²) in [6.07, 6.45) is 0. The van der Waals surface area contributed by atoms with Gasteiger partial charge in [-0.15, -0.1) is 5.10 Å². The number of nitriles is 1. The van der Waals surface area contributed by atoms with Crippen molar-refractivity contribution in [2.75, 3.05) is 23.8 Å². The van der Waals surface area contributed by atoms with Crippen LogP contribution in [0.1, 0.15) is 18.2 Å². The summed E-state index contributed by atoms with van der Waals surface area (Å²) in [5.74, 6) is 0. The number of nitrogens with zero attached hydrogens (tertiary/aromatic N) is 4. The number of aromatic nitrogens is 2. The monoisotopic (exact) mass is 273 g/mol. The first-order valence-electron chi connectivity index (χ1n) is 6.01. The van der Waals surface area contributed by atoms with Crippen LogP contribution in [0.3, 0.4) is 0 Å². The molecule has 2 rings (SSSR count). The number of nitrogens with one attached hydrogen (secondary N) is 1. The van der Waals surface area contributed by atoms with Crippen LogP contribution in [0.15, 0.2) is 24.3 Å². The highest BCUT2D eigenvalue weighted by Gasteiger charge is 2.10. The molecule has 0 unspecified atom stereocenters. The Bertz CT molecular complexity index is 569. The third kappa shape index (κ3) is 3.20. The van der Waals surface area contributed by atoms with Gasteiger partial charge in [0.05, 0.1) is 18.2 Å². The van der Waals surface area contributed by atoms with Gasteiger partial charge in [0.2, 0.25) is 0 Å². The van der Waals surface area contributed by atoms with Crippen LogP contribution in [-0.4, -0.2) is 23.2 Å². The number of rotatable bonds is 5. The Kier molecular flexibility index (Phi) is 4.31. The van der Waals surface area contributed by atoms with Gasteiger partial charge in [0.25, 0.3) is 0 Å². The first-order chi connectivity index (χ1) is 9.24. The summed E-state index contributed by atoms with van der Waals surface area (Å²) >= 11 is 1.38. The van der Waals surface area contributed by atoms with E-state index in [1.54, 1.807) is 0 Å². The van der Waals surface area contributed by atoms with Crippen molar-refractivity contribution in [1.82, 2.24) is 9.59 Å². The van der Waals surface area contributed by atoms with Crippen LogP contribution in [0.5, 0.6) is 0 Å². The number of anilines is 2. The molecule has 0 saturated carbocycles. The van der Waals surface area contributed by atoms with E-state index in [2.05, 4.69) is 25.9 Å². The third-order valence-electron chi connectivity index (χ3n) is 2.72. The Morgan fingerprint density at radius 3 is 2.74 bits per heavy atom. The van der Waals surface area contributed by atoms with Crippen molar-refractivity contribution in [3.63, 3.8) is 0 Å². The summed E-state index contributed by atoms with van der Waals surface area (Å²) in [5.41, 5.74) is 2.66. The van der Waals surface area contributed by atoms with E-state index >= 15 is 0 Å².